The molecule has 158 valence electrons. The summed E-state index contributed by atoms with van der Waals surface area (Å²) in [6.45, 7) is 0.368. The number of benzene rings is 3. The van der Waals surface area contributed by atoms with Crippen molar-refractivity contribution in [2.45, 2.75) is 6.54 Å². The largest absolute Gasteiger partial charge is 0.496 e. The van der Waals surface area contributed by atoms with Gasteiger partial charge >= 0.3 is 0 Å². The van der Waals surface area contributed by atoms with Crippen LogP contribution in [0.15, 0.2) is 79.1 Å². The van der Waals surface area contributed by atoms with Gasteiger partial charge in [-0.3, -0.25) is 9.20 Å². The van der Waals surface area contributed by atoms with Gasteiger partial charge in [0.05, 0.1) is 18.1 Å². The predicted molar refractivity (Wildman–Crippen MR) is 122 cm³/mol. The molecule has 0 atom stereocenters. The molecule has 0 saturated heterocycles. The van der Waals surface area contributed by atoms with Crippen LogP contribution in [-0.4, -0.2) is 32.6 Å². The molecule has 0 aliphatic carbocycles. The second kappa shape index (κ2) is 8.35. The van der Waals surface area contributed by atoms with E-state index in [1.807, 2.05) is 65.1 Å². The van der Waals surface area contributed by atoms with Gasteiger partial charge in [0, 0.05) is 23.4 Å². The number of methoxy groups -OCH3 is 1. The number of aromatic nitrogens is 4. The van der Waals surface area contributed by atoms with E-state index < -0.39 is 0 Å². The van der Waals surface area contributed by atoms with Crippen LogP contribution in [0.5, 0.6) is 5.75 Å². The lowest BCUT2D eigenvalue weighted by atomic mass is 10.1. The number of carbonyl (C=O) groups excluding carboxylic acids is 1. The third kappa shape index (κ3) is 3.69. The minimum absolute atomic E-state index is 0.182. The lowest BCUT2D eigenvalue weighted by Gasteiger charge is -2.11. The van der Waals surface area contributed by atoms with Crippen molar-refractivity contribution in [3.63, 3.8) is 0 Å². The first kappa shape index (κ1) is 19.5. The number of anilines is 2. The zero-order valence-corrected chi connectivity index (χ0v) is 17.3. The summed E-state index contributed by atoms with van der Waals surface area (Å²) in [4.78, 5) is 17.4. The molecule has 0 aliphatic heterocycles. The molecule has 0 saturated carbocycles. The summed E-state index contributed by atoms with van der Waals surface area (Å²) < 4.78 is 7.23. The molecular weight excluding hydrogens is 404 g/mol. The van der Waals surface area contributed by atoms with Crippen LogP contribution in [0, 0.1) is 0 Å². The molecule has 2 N–H and O–H groups in total. The molecule has 5 aromatic rings. The zero-order valence-electron chi connectivity index (χ0n) is 17.3. The second-order valence-corrected chi connectivity index (χ2v) is 7.17. The molecule has 0 radical (unpaired) electrons. The number of fused-ring (bicyclic) bond motifs is 3. The number of nitrogens with zero attached hydrogens (tertiary/aromatic N) is 4. The van der Waals surface area contributed by atoms with Crippen molar-refractivity contribution in [3.05, 3.63) is 90.3 Å². The fraction of sp³-hybridized carbons (Fsp3) is 0.0833. The minimum atomic E-state index is -0.182. The van der Waals surface area contributed by atoms with Gasteiger partial charge < -0.3 is 15.4 Å². The number of amides is 1. The Morgan fingerprint density at radius 1 is 1.03 bits per heavy atom. The highest BCUT2D eigenvalue weighted by Crippen LogP contribution is 2.24. The van der Waals surface area contributed by atoms with Gasteiger partial charge in [0.2, 0.25) is 5.65 Å². The molecule has 8 heteroatoms. The maximum absolute atomic E-state index is 12.7. The SMILES string of the molecule is COc1ccccc1CNC(=O)c1cccc(Nc2nc3ccccc3n3cnnc23)c1. The van der Waals surface area contributed by atoms with E-state index in [1.165, 1.54) is 0 Å². The van der Waals surface area contributed by atoms with Crippen molar-refractivity contribution in [1.82, 2.24) is 24.9 Å². The molecule has 2 heterocycles. The normalized spacial score (nSPS) is 10.9. The number of rotatable bonds is 6. The molecule has 0 spiro atoms. The van der Waals surface area contributed by atoms with E-state index in [1.54, 1.807) is 25.6 Å². The number of hydrogen-bond acceptors (Lipinski definition) is 6. The molecule has 5 rings (SSSR count). The molecular formula is C24H20N6O2. The van der Waals surface area contributed by atoms with Crippen molar-refractivity contribution in [2.75, 3.05) is 12.4 Å². The monoisotopic (exact) mass is 424 g/mol. The Kier molecular flexibility index (Phi) is 5.09. The lowest BCUT2D eigenvalue weighted by molar-refractivity contribution is 0.0950. The van der Waals surface area contributed by atoms with Crippen LogP contribution >= 0.6 is 0 Å². The maximum atomic E-state index is 12.7. The van der Waals surface area contributed by atoms with Gasteiger partial charge in [0.1, 0.15) is 12.1 Å². The van der Waals surface area contributed by atoms with Crippen LogP contribution < -0.4 is 15.4 Å². The van der Waals surface area contributed by atoms with Crippen molar-refractivity contribution in [3.8, 4) is 5.75 Å². The summed E-state index contributed by atoms with van der Waals surface area (Å²) >= 11 is 0. The van der Waals surface area contributed by atoms with E-state index in [4.69, 9.17) is 9.72 Å². The maximum Gasteiger partial charge on any atom is 0.251 e. The molecule has 0 bridgehead atoms. The lowest BCUT2D eigenvalue weighted by Crippen LogP contribution is -2.23. The van der Waals surface area contributed by atoms with Crippen LogP contribution in [0.3, 0.4) is 0 Å². The van der Waals surface area contributed by atoms with Crippen LogP contribution in [-0.2, 0) is 6.54 Å². The van der Waals surface area contributed by atoms with Gasteiger partial charge in [-0.15, -0.1) is 10.2 Å². The molecule has 0 unspecified atom stereocenters. The van der Waals surface area contributed by atoms with Gasteiger partial charge in [-0.2, -0.15) is 0 Å². The van der Waals surface area contributed by atoms with E-state index in [0.29, 0.717) is 23.6 Å². The van der Waals surface area contributed by atoms with E-state index in [-0.39, 0.29) is 5.91 Å². The van der Waals surface area contributed by atoms with E-state index >= 15 is 0 Å². The Morgan fingerprint density at radius 2 is 1.88 bits per heavy atom. The Hall–Kier alpha value is -4.46. The number of nitrogens with one attached hydrogen (secondary N) is 2. The first-order valence-corrected chi connectivity index (χ1v) is 10.1. The average molecular weight is 424 g/mol. The van der Waals surface area contributed by atoms with Crippen LogP contribution in [0.4, 0.5) is 11.5 Å². The van der Waals surface area contributed by atoms with Crippen LogP contribution in [0.25, 0.3) is 16.7 Å². The fourth-order valence-electron chi connectivity index (χ4n) is 3.59. The van der Waals surface area contributed by atoms with E-state index in [2.05, 4.69) is 20.8 Å². The van der Waals surface area contributed by atoms with Gasteiger partial charge in [0.25, 0.3) is 5.91 Å². The van der Waals surface area contributed by atoms with Gasteiger partial charge in [-0.1, -0.05) is 36.4 Å². The molecule has 8 nitrogen and oxygen atoms in total. The summed E-state index contributed by atoms with van der Waals surface area (Å²) in [6, 6.07) is 22.6. The number of carbonyl (C=O) groups is 1. The molecule has 2 aromatic heterocycles. The van der Waals surface area contributed by atoms with Gasteiger partial charge in [-0.05, 0) is 36.4 Å². The predicted octanol–water partition coefficient (Wildman–Crippen LogP) is 3.96. The smallest absolute Gasteiger partial charge is 0.251 e. The zero-order chi connectivity index (χ0) is 21.9. The Balaban J connectivity index is 1.38. The second-order valence-electron chi connectivity index (χ2n) is 7.17. The highest BCUT2D eigenvalue weighted by molar-refractivity contribution is 5.95. The number of para-hydroxylation sites is 3. The quantitative estimate of drug-likeness (QED) is 0.429. The summed E-state index contributed by atoms with van der Waals surface area (Å²) in [5.41, 5.74) is 4.50. The summed E-state index contributed by atoms with van der Waals surface area (Å²) in [6.07, 6.45) is 1.66. The summed E-state index contributed by atoms with van der Waals surface area (Å²) in [5, 5.41) is 14.4. The third-order valence-corrected chi connectivity index (χ3v) is 5.15. The Morgan fingerprint density at radius 3 is 2.78 bits per heavy atom. The van der Waals surface area contributed by atoms with Crippen molar-refractivity contribution < 1.29 is 9.53 Å². The summed E-state index contributed by atoms with van der Waals surface area (Å²) in [5.74, 6) is 1.12. The number of ether oxygens (including phenoxy) is 1. The first-order valence-electron chi connectivity index (χ1n) is 10.1. The summed E-state index contributed by atoms with van der Waals surface area (Å²) in [7, 11) is 1.61. The topological polar surface area (TPSA) is 93.4 Å². The Labute approximate surface area is 183 Å². The standard InChI is InChI=1S/C24H20N6O2/c1-32-21-12-5-2-7-17(21)14-25-24(31)16-8-6-9-18(13-16)27-22-23-29-26-15-30(23)20-11-4-3-10-19(20)28-22/h2-13,15H,14H2,1H3,(H,25,31)(H,27,28). The van der Waals surface area contributed by atoms with Gasteiger partial charge in [0.15, 0.2) is 5.82 Å². The average Bonchev–Trinajstić information content (AvgIpc) is 3.34. The minimum Gasteiger partial charge on any atom is -0.496 e. The van der Waals surface area contributed by atoms with Crippen molar-refractivity contribution in [1.29, 1.82) is 0 Å². The van der Waals surface area contributed by atoms with Gasteiger partial charge in [-0.25, -0.2) is 4.98 Å². The van der Waals surface area contributed by atoms with Crippen LogP contribution in [0.2, 0.25) is 0 Å². The first-order chi connectivity index (χ1) is 15.7. The molecule has 3 aromatic carbocycles. The molecule has 32 heavy (non-hydrogen) atoms. The fourth-order valence-corrected chi connectivity index (χ4v) is 3.59. The van der Waals surface area contributed by atoms with Crippen molar-refractivity contribution >= 4 is 34.1 Å². The van der Waals surface area contributed by atoms with Crippen LogP contribution in [0.1, 0.15) is 15.9 Å². The molecule has 1 amide bonds. The molecule has 0 aliphatic rings. The Bertz CT molecular complexity index is 1430. The van der Waals surface area contributed by atoms with E-state index in [9.17, 15) is 4.79 Å². The highest BCUT2D eigenvalue weighted by atomic mass is 16.5. The van der Waals surface area contributed by atoms with E-state index in [0.717, 1.165) is 28.0 Å². The highest BCUT2D eigenvalue weighted by Gasteiger charge is 2.12. The number of hydrogen-bond donors (Lipinski definition) is 2. The third-order valence-electron chi connectivity index (χ3n) is 5.15. The van der Waals surface area contributed by atoms with Crippen molar-refractivity contribution in [2.24, 2.45) is 0 Å². The molecule has 0 fully saturated rings.